The minimum atomic E-state index is -0.504. The van der Waals surface area contributed by atoms with Gasteiger partial charge in [0, 0.05) is 0 Å². The summed E-state index contributed by atoms with van der Waals surface area (Å²) in [6.45, 7) is 9.93. The van der Waals surface area contributed by atoms with E-state index in [0.717, 1.165) is 18.4 Å². The molecule has 0 radical (unpaired) electrons. The van der Waals surface area contributed by atoms with Crippen molar-refractivity contribution >= 4 is 5.97 Å². The molecule has 0 N–H and O–H groups in total. The lowest BCUT2D eigenvalue weighted by Gasteiger charge is -2.20. The van der Waals surface area contributed by atoms with Crippen LogP contribution in [-0.4, -0.2) is 11.6 Å². The van der Waals surface area contributed by atoms with Crippen molar-refractivity contribution in [3.63, 3.8) is 0 Å². The fraction of sp³-hybridized carbons (Fsp3) is 0.632. The first-order chi connectivity index (χ1) is 10.4. The summed E-state index contributed by atoms with van der Waals surface area (Å²) in [5.74, 6) is -0.00981. The summed E-state index contributed by atoms with van der Waals surface area (Å²) in [5, 5.41) is 0. The van der Waals surface area contributed by atoms with E-state index in [0.29, 0.717) is 11.5 Å². The van der Waals surface area contributed by atoms with Gasteiger partial charge < -0.3 is 0 Å². The number of benzene rings is 1. The van der Waals surface area contributed by atoms with E-state index in [1.165, 1.54) is 19.3 Å². The Morgan fingerprint density at radius 2 is 1.82 bits per heavy atom. The molecule has 0 bridgehead atoms. The molecule has 0 saturated carbocycles. The van der Waals surface area contributed by atoms with Crippen LogP contribution in [0.1, 0.15) is 88.6 Å². The van der Waals surface area contributed by atoms with Crippen molar-refractivity contribution in [3.8, 4) is 0 Å². The second-order valence-electron chi connectivity index (χ2n) is 6.75. The Morgan fingerprint density at radius 1 is 1.14 bits per heavy atom. The number of carbonyl (C=O) groups is 1. The molecule has 22 heavy (non-hydrogen) atoms. The van der Waals surface area contributed by atoms with E-state index in [2.05, 4.69) is 13.8 Å². The van der Waals surface area contributed by atoms with Gasteiger partial charge in [0.2, 0.25) is 0 Å². The minimum Gasteiger partial charge on any atom is -0.292 e. The minimum absolute atomic E-state index is 0.393. The molecule has 0 amide bonds. The van der Waals surface area contributed by atoms with Crippen LogP contribution in [0.3, 0.4) is 0 Å². The van der Waals surface area contributed by atoms with Crippen LogP contribution in [0.25, 0.3) is 0 Å². The van der Waals surface area contributed by atoms with E-state index in [1.807, 2.05) is 45.0 Å². The van der Waals surface area contributed by atoms with Gasteiger partial charge in [-0.25, -0.2) is 4.79 Å². The molecule has 1 atom stereocenters. The van der Waals surface area contributed by atoms with Gasteiger partial charge in [0.25, 0.3) is 0 Å². The van der Waals surface area contributed by atoms with Crippen molar-refractivity contribution in [2.75, 3.05) is 0 Å². The van der Waals surface area contributed by atoms with Crippen molar-refractivity contribution in [2.24, 2.45) is 0 Å². The molecule has 0 aliphatic heterocycles. The van der Waals surface area contributed by atoms with E-state index in [-0.39, 0.29) is 0 Å². The Hall–Kier alpha value is -1.35. The smallest absolute Gasteiger partial charge is 0.292 e. The molecule has 0 aromatic heterocycles. The van der Waals surface area contributed by atoms with E-state index in [4.69, 9.17) is 9.78 Å². The summed E-state index contributed by atoms with van der Waals surface area (Å²) in [7, 11) is 0. The molecule has 1 unspecified atom stereocenters. The van der Waals surface area contributed by atoms with Crippen LogP contribution in [0.15, 0.2) is 24.3 Å². The third-order valence-corrected chi connectivity index (χ3v) is 3.64. The number of hydrogen-bond donors (Lipinski definition) is 0. The van der Waals surface area contributed by atoms with Gasteiger partial charge in [0.15, 0.2) is 0 Å². The topological polar surface area (TPSA) is 35.5 Å². The molecule has 0 spiro atoms. The Labute approximate surface area is 134 Å². The molecule has 0 fully saturated rings. The fourth-order valence-electron chi connectivity index (χ4n) is 2.47. The van der Waals surface area contributed by atoms with Crippen molar-refractivity contribution in [1.82, 2.24) is 0 Å². The van der Waals surface area contributed by atoms with Gasteiger partial charge in [-0.2, -0.15) is 4.89 Å². The maximum atomic E-state index is 12.3. The Kier molecular flexibility index (Phi) is 7.60. The molecular weight excluding hydrogens is 276 g/mol. The zero-order valence-electron chi connectivity index (χ0n) is 14.6. The van der Waals surface area contributed by atoms with Gasteiger partial charge in [-0.05, 0) is 51.2 Å². The van der Waals surface area contributed by atoms with Gasteiger partial charge in [0.1, 0.15) is 5.60 Å². The van der Waals surface area contributed by atoms with Gasteiger partial charge in [-0.15, -0.1) is 0 Å². The number of hydrogen-bond acceptors (Lipinski definition) is 3. The molecule has 3 heteroatoms. The van der Waals surface area contributed by atoms with Crippen LogP contribution in [0, 0.1) is 0 Å². The highest BCUT2D eigenvalue weighted by molar-refractivity contribution is 5.90. The highest BCUT2D eigenvalue weighted by Gasteiger charge is 2.21. The summed E-state index contributed by atoms with van der Waals surface area (Å²) in [5.41, 5.74) is 1.19. The van der Waals surface area contributed by atoms with Crippen LogP contribution in [0.4, 0.5) is 0 Å². The molecular formula is C19H30O3. The second kappa shape index (κ2) is 8.94. The zero-order valence-corrected chi connectivity index (χ0v) is 14.6. The third kappa shape index (κ3) is 6.18. The quantitative estimate of drug-likeness (QED) is 0.354. The predicted molar refractivity (Wildman–Crippen MR) is 89.9 cm³/mol. The van der Waals surface area contributed by atoms with E-state index < -0.39 is 11.6 Å². The van der Waals surface area contributed by atoms with E-state index >= 15 is 0 Å². The third-order valence-electron chi connectivity index (χ3n) is 3.64. The Morgan fingerprint density at radius 3 is 2.41 bits per heavy atom. The SMILES string of the molecule is CCCCCC(CC)c1ccccc1C(=O)OOC(C)(C)C. The number of carbonyl (C=O) groups excluding carboxylic acids is 1. The Balaban J connectivity index is 2.85. The first kappa shape index (κ1) is 18.7. The van der Waals surface area contributed by atoms with Gasteiger partial charge in [-0.3, -0.25) is 4.89 Å². The largest absolute Gasteiger partial charge is 0.373 e. The van der Waals surface area contributed by atoms with E-state index in [9.17, 15) is 4.79 Å². The maximum Gasteiger partial charge on any atom is 0.373 e. The molecule has 1 aromatic carbocycles. The van der Waals surface area contributed by atoms with Crippen molar-refractivity contribution < 1.29 is 14.6 Å². The van der Waals surface area contributed by atoms with Crippen molar-refractivity contribution in [3.05, 3.63) is 35.4 Å². The summed E-state index contributed by atoms with van der Waals surface area (Å²) in [6, 6.07) is 7.72. The van der Waals surface area contributed by atoms with Crippen LogP contribution in [0.5, 0.6) is 0 Å². The number of unbranched alkanes of at least 4 members (excludes halogenated alkanes) is 2. The highest BCUT2D eigenvalue weighted by atomic mass is 17.2. The molecule has 1 rings (SSSR count). The van der Waals surface area contributed by atoms with Crippen molar-refractivity contribution in [2.45, 2.75) is 78.2 Å². The van der Waals surface area contributed by atoms with Gasteiger partial charge in [-0.1, -0.05) is 51.3 Å². The van der Waals surface area contributed by atoms with Crippen LogP contribution in [-0.2, 0) is 9.78 Å². The maximum absolute atomic E-state index is 12.3. The molecule has 1 aromatic rings. The molecule has 0 aliphatic carbocycles. The number of rotatable bonds is 8. The van der Waals surface area contributed by atoms with E-state index in [1.54, 1.807) is 0 Å². The summed E-state index contributed by atoms with van der Waals surface area (Å²) in [6.07, 6.45) is 5.76. The average molecular weight is 306 g/mol. The van der Waals surface area contributed by atoms with Gasteiger partial charge in [0.05, 0.1) is 5.56 Å². The standard InChI is InChI=1S/C19H30O3/c1-6-8-9-12-15(7-2)16-13-10-11-14-17(16)18(20)21-22-19(3,4)5/h10-11,13-15H,6-9,12H2,1-5H3. The molecule has 0 saturated heterocycles. The van der Waals surface area contributed by atoms with Crippen LogP contribution >= 0.6 is 0 Å². The predicted octanol–water partition coefficient (Wildman–Crippen LogP) is 5.65. The molecule has 3 nitrogen and oxygen atoms in total. The normalized spacial score (nSPS) is 13.0. The van der Waals surface area contributed by atoms with Gasteiger partial charge >= 0.3 is 5.97 Å². The van der Waals surface area contributed by atoms with Crippen LogP contribution < -0.4 is 0 Å². The lowest BCUT2D eigenvalue weighted by Crippen LogP contribution is -2.22. The monoisotopic (exact) mass is 306 g/mol. The molecule has 0 heterocycles. The first-order valence-electron chi connectivity index (χ1n) is 8.38. The summed E-state index contributed by atoms with van der Waals surface area (Å²) < 4.78 is 0. The second-order valence-corrected chi connectivity index (χ2v) is 6.75. The lowest BCUT2D eigenvalue weighted by atomic mass is 9.88. The lowest BCUT2D eigenvalue weighted by molar-refractivity contribution is -0.301. The summed E-state index contributed by atoms with van der Waals surface area (Å²) in [4.78, 5) is 22.5. The average Bonchev–Trinajstić information content (AvgIpc) is 2.49. The first-order valence-corrected chi connectivity index (χ1v) is 8.38. The fourth-order valence-corrected chi connectivity index (χ4v) is 2.47. The van der Waals surface area contributed by atoms with Crippen molar-refractivity contribution in [1.29, 1.82) is 0 Å². The highest BCUT2D eigenvalue weighted by Crippen LogP contribution is 2.29. The summed E-state index contributed by atoms with van der Waals surface area (Å²) >= 11 is 0. The van der Waals surface area contributed by atoms with Crippen LogP contribution in [0.2, 0.25) is 0 Å². The molecule has 0 aliphatic rings. The Bertz CT molecular complexity index is 460. The zero-order chi connectivity index (χ0) is 16.6. The molecule has 124 valence electrons.